The maximum atomic E-state index is 14.2. The molecule has 234 valence electrons. The van der Waals surface area contributed by atoms with Crippen LogP contribution in [0.15, 0.2) is 95.5 Å². The SMILES string of the molecule is CC(C)c1ccc2c3[n+](ccc2c1)C(C)(C)C(C)(C(C)C(=O)OCc1ccccc1)c1c(C(C)C)cc2c(oc4ccccc42)c1-3. The van der Waals surface area contributed by atoms with Gasteiger partial charge < -0.3 is 9.15 Å². The van der Waals surface area contributed by atoms with Gasteiger partial charge in [0.05, 0.1) is 22.3 Å². The lowest BCUT2D eigenvalue weighted by atomic mass is 9.56. The molecule has 46 heavy (non-hydrogen) atoms. The lowest BCUT2D eigenvalue weighted by molar-refractivity contribution is -0.760. The van der Waals surface area contributed by atoms with E-state index in [1.54, 1.807) is 0 Å². The molecule has 0 aliphatic carbocycles. The Balaban J connectivity index is 1.56. The average Bonchev–Trinajstić information content (AvgIpc) is 3.43. The molecule has 7 rings (SSSR count). The van der Waals surface area contributed by atoms with E-state index in [1.807, 2.05) is 43.3 Å². The van der Waals surface area contributed by atoms with Gasteiger partial charge in [0.2, 0.25) is 5.69 Å². The van der Waals surface area contributed by atoms with Crippen molar-refractivity contribution in [3.63, 3.8) is 0 Å². The fourth-order valence-corrected chi connectivity index (χ4v) is 7.89. The zero-order valence-corrected chi connectivity index (χ0v) is 28.3. The topological polar surface area (TPSA) is 43.3 Å². The van der Waals surface area contributed by atoms with E-state index >= 15 is 0 Å². The van der Waals surface area contributed by atoms with Crippen LogP contribution in [0.25, 0.3) is 44.0 Å². The van der Waals surface area contributed by atoms with Crippen LogP contribution in [0.3, 0.4) is 0 Å². The van der Waals surface area contributed by atoms with Crippen LogP contribution in [0.1, 0.15) is 89.5 Å². The van der Waals surface area contributed by atoms with E-state index in [0.717, 1.165) is 38.8 Å². The first-order chi connectivity index (χ1) is 21.9. The van der Waals surface area contributed by atoms with Crippen molar-refractivity contribution in [3.8, 4) is 11.3 Å². The molecule has 1 aliphatic rings. The largest absolute Gasteiger partial charge is 0.461 e. The Labute approximate surface area is 272 Å². The monoisotopic (exact) mass is 610 g/mol. The summed E-state index contributed by atoms with van der Waals surface area (Å²) in [4.78, 5) is 14.2. The molecule has 4 heteroatoms. The second-order valence-electron chi connectivity index (χ2n) is 14.5. The van der Waals surface area contributed by atoms with Gasteiger partial charge in [-0.1, -0.05) is 95.3 Å². The van der Waals surface area contributed by atoms with Crippen LogP contribution in [0.4, 0.5) is 0 Å². The molecule has 0 amide bonds. The Kier molecular flexibility index (Phi) is 7.12. The van der Waals surface area contributed by atoms with Crippen molar-refractivity contribution in [3.05, 3.63) is 113 Å². The minimum Gasteiger partial charge on any atom is -0.461 e. The normalized spacial score (nSPS) is 17.9. The third-order valence-corrected chi connectivity index (χ3v) is 11.0. The Morgan fingerprint density at radius 3 is 2.24 bits per heavy atom. The highest BCUT2D eigenvalue weighted by Crippen LogP contribution is 2.56. The standard InChI is InChI=1S/C42H44NO3/c1-25(2)29-18-19-31-30(22-29)20-21-43-38(31)36-37(33(26(3)4)23-34-32-16-12-13-17-35(32)46-39(34)36)42(8,41(43,6)7)27(5)40(44)45-24-28-14-10-9-11-15-28/h9-23,25-27H,24H2,1-8H3/q+1. The van der Waals surface area contributed by atoms with Crippen molar-refractivity contribution in [2.45, 2.75) is 84.8 Å². The summed E-state index contributed by atoms with van der Waals surface area (Å²) in [6.45, 7) is 18.1. The molecule has 2 unspecified atom stereocenters. The summed E-state index contributed by atoms with van der Waals surface area (Å²) >= 11 is 0. The highest BCUT2D eigenvalue weighted by atomic mass is 16.5. The van der Waals surface area contributed by atoms with E-state index < -0.39 is 16.9 Å². The summed E-state index contributed by atoms with van der Waals surface area (Å²) in [6.07, 6.45) is 2.22. The van der Waals surface area contributed by atoms with Gasteiger partial charge in [0.25, 0.3) is 0 Å². The number of aromatic nitrogens is 1. The van der Waals surface area contributed by atoms with Gasteiger partial charge in [0, 0.05) is 30.7 Å². The van der Waals surface area contributed by atoms with Crippen molar-refractivity contribution in [2.75, 3.05) is 0 Å². The minimum atomic E-state index is -0.647. The van der Waals surface area contributed by atoms with E-state index in [0.29, 0.717) is 5.92 Å². The maximum Gasteiger partial charge on any atom is 0.310 e. The molecule has 0 saturated heterocycles. The van der Waals surface area contributed by atoms with Crippen molar-refractivity contribution < 1.29 is 18.5 Å². The fraction of sp³-hybridized carbons (Fsp3) is 0.333. The van der Waals surface area contributed by atoms with Gasteiger partial charge >= 0.3 is 5.97 Å². The van der Waals surface area contributed by atoms with Crippen LogP contribution in [0.2, 0.25) is 0 Å². The number of benzene rings is 4. The van der Waals surface area contributed by atoms with Crippen LogP contribution in [0.5, 0.6) is 0 Å². The molecule has 0 saturated carbocycles. The quantitative estimate of drug-likeness (QED) is 0.139. The highest BCUT2D eigenvalue weighted by molar-refractivity contribution is 6.13. The number of carbonyl (C=O) groups is 1. The molecule has 2 atom stereocenters. The first-order valence-electron chi connectivity index (χ1n) is 16.6. The maximum absolute atomic E-state index is 14.2. The molecule has 3 heterocycles. The summed E-state index contributed by atoms with van der Waals surface area (Å²) in [5.41, 5.74) is 7.55. The van der Waals surface area contributed by atoms with Gasteiger partial charge in [-0.05, 0) is 64.6 Å². The summed E-state index contributed by atoms with van der Waals surface area (Å²) in [5.74, 6) is -0.0128. The van der Waals surface area contributed by atoms with Gasteiger partial charge in [0.15, 0.2) is 11.7 Å². The van der Waals surface area contributed by atoms with E-state index in [9.17, 15) is 4.79 Å². The van der Waals surface area contributed by atoms with Gasteiger partial charge in [-0.2, -0.15) is 4.57 Å². The third kappa shape index (κ3) is 4.33. The summed E-state index contributed by atoms with van der Waals surface area (Å²) < 4.78 is 15.3. The Morgan fingerprint density at radius 2 is 1.52 bits per heavy atom. The van der Waals surface area contributed by atoms with E-state index in [1.165, 1.54) is 27.5 Å². The number of ether oxygens (including phenoxy) is 1. The van der Waals surface area contributed by atoms with Gasteiger partial charge in [-0.3, -0.25) is 4.79 Å². The van der Waals surface area contributed by atoms with Gasteiger partial charge in [-0.25, -0.2) is 0 Å². The molecule has 0 radical (unpaired) electrons. The predicted octanol–water partition coefficient (Wildman–Crippen LogP) is 10.3. The van der Waals surface area contributed by atoms with Crippen LogP contribution in [0, 0.1) is 5.92 Å². The number of pyridine rings is 1. The highest BCUT2D eigenvalue weighted by Gasteiger charge is 2.62. The summed E-state index contributed by atoms with van der Waals surface area (Å²) in [6, 6.07) is 29.7. The second-order valence-corrected chi connectivity index (χ2v) is 14.5. The first-order valence-corrected chi connectivity index (χ1v) is 16.6. The van der Waals surface area contributed by atoms with Crippen LogP contribution in [-0.2, 0) is 27.1 Å². The fourth-order valence-electron chi connectivity index (χ4n) is 7.89. The molecule has 4 nitrogen and oxygen atoms in total. The Hall–Kier alpha value is -4.44. The van der Waals surface area contributed by atoms with Crippen LogP contribution < -0.4 is 4.57 Å². The molecule has 2 aromatic heterocycles. The number of fused-ring (bicyclic) bond motifs is 9. The van der Waals surface area contributed by atoms with E-state index in [4.69, 9.17) is 9.15 Å². The number of nitrogens with zero attached hydrogens (tertiary/aromatic N) is 1. The molecule has 0 fully saturated rings. The smallest absolute Gasteiger partial charge is 0.310 e. The first kappa shape index (κ1) is 30.2. The van der Waals surface area contributed by atoms with Crippen molar-refractivity contribution in [1.29, 1.82) is 0 Å². The Morgan fingerprint density at radius 1 is 0.804 bits per heavy atom. The number of para-hydroxylation sites is 1. The van der Waals surface area contributed by atoms with Crippen LogP contribution >= 0.6 is 0 Å². The summed E-state index contributed by atoms with van der Waals surface area (Å²) in [7, 11) is 0. The van der Waals surface area contributed by atoms with Crippen molar-refractivity contribution in [2.24, 2.45) is 5.92 Å². The molecule has 4 aromatic carbocycles. The second kappa shape index (κ2) is 10.8. The molecule has 0 N–H and O–H groups in total. The lowest BCUT2D eigenvalue weighted by Gasteiger charge is -2.48. The predicted molar refractivity (Wildman–Crippen MR) is 187 cm³/mol. The Bertz CT molecular complexity index is 2140. The minimum absolute atomic E-state index is 0.198. The van der Waals surface area contributed by atoms with Gasteiger partial charge in [0.1, 0.15) is 17.8 Å². The van der Waals surface area contributed by atoms with Crippen LogP contribution in [-0.4, -0.2) is 5.97 Å². The van der Waals surface area contributed by atoms with Gasteiger partial charge in [-0.15, -0.1) is 0 Å². The lowest BCUT2D eigenvalue weighted by Crippen LogP contribution is -2.69. The average molecular weight is 611 g/mol. The number of hydrogen-bond donors (Lipinski definition) is 0. The number of esters is 1. The number of rotatable bonds is 6. The summed E-state index contributed by atoms with van der Waals surface area (Å²) in [5, 5.41) is 4.61. The number of furan rings is 1. The molecule has 6 aromatic rings. The van der Waals surface area contributed by atoms with E-state index in [2.05, 4.69) is 108 Å². The van der Waals surface area contributed by atoms with E-state index in [-0.39, 0.29) is 18.5 Å². The third-order valence-electron chi connectivity index (χ3n) is 11.0. The number of hydrogen-bond acceptors (Lipinski definition) is 3. The van der Waals surface area contributed by atoms with Crippen molar-refractivity contribution >= 4 is 38.7 Å². The molecular weight excluding hydrogens is 566 g/mol. The zero-order chi connectivity index (χ0) is 32.5. The molecule has 0 bridgehead atoms. The molecular formula is C42H44NO3+. The number of carbonyl (C=O) groups excluding carboxylic acids is 1. The molecule has 0 spiro atoms. The molecule has 1 aliphatic heterocycles. The van der Waals surface area contributed by atoms with Crippen molar-refractivity contribution in [1.82, 2.24) is 0 Å². The zero-order valence-electron chi connectivity index (χ0n) is 28.3.